The van der Waals surface area contributed by atoms with Gasteiger partial charge in [-0.1, -0.05) is 20.3 Å². The maximum Gasteiger partial charge on any atom is 0.215 e. The zero-order valence-corrected chi connectivity index (χ0v) is 16.9. The zero-order valence-electron chi connectivity index (χ0n) is 16.0. The Hall–Kier alpha value is -0.860. The number of ether oxygens (including phenoxy) is 1. The van der Waals surface area contributed by atoms with E-state index in [0.717, 1.165) is 13.0 Å². The van der Waals surface area contributed by atoms with Crippen LogP contribution in [0.2, 0.25) is 0 Å². The minimum atomic E-state index is -3.21. The van der Waals surface area contributed by atoms with E-state index in [1.807, 2.05) is 20.8 Å². The highest BCUT2D eigenvalue weighted by Gasteiger charge is 2.59. The molecule has 0 aromatic carbocycles. The Balaban J connectivity index is 1.82. The number of nitrogens with one attached hydrogen (secondary N) is 2. The van der Waals surface area contributed by atoms with E-state index in [9.17, 15) is 8.42 Å². The number of rotatable bonds is 9. The molecule has 25 heavy (non-hydrogen) atoms. The summed E-state index contributed by atoms with van der Waals surface area (Å²) in [7, 11) is -1.49. The minimum absolute atomic E-state index is 0.0762. The molecule has 2 N–H and O–H groups in total. The highest BCUT2D eigenvalue weighted by Crippen LogP contribution is 2.57. The molecule has 0 heterocycles. The predicted molar refractivity (Wildman–Crippen MR) is 101 cm³/mol. The van der Waals surface area contributed by atoms with Crippen molar-refractivity contribution in [2.24, 2.45) is 10.4 Å². The van der Waals surface area contributed by atoms with Crippen LogP contribution in [0.4, 0.5) is 0 Å². The van der Waals surface area contributed by atoms with Crippen LogP contribution in [0.5, 0.6) is 0 Å². The van der Waals surface area contributed by atoms with Gasteiger partial charge in [0.1, 0.15) is 0 Å². The Kier molecular flexibility index (Phi) is 7.10. The Morgan fingerprint density at radius 1 is 1.28 bits per heavy atom. The molecule has 0 aromatic heterocycles. The normalized spacial score (nSPS) is 25.6. The van der Waals surface area contributed by atoms with Gasteiger partial charge in [-0.05, 0) is 26.2 Å². The molecule has 7 nitrogen and oxygen atoms in total. The molecule has 0 amide bonds. The molecular weight excluding hydrogens is 340 g/mol. The van der Waals surface area contributed by atoms with Crippen LogP contribution < -0.4 is 10.6 Å². The quantitative estimate of drug-likeness (QED) is 0.468. The molecule has 2 unspecified atom stereocenters. The topological polar surface area (TPSA) is 83.0 Å². The van der Waals surface area contributed by atoms with Crippen molar-refractivity contribution in [2.45, 2.75) is 58.6 Å². The monoisotopic (exact) mass is 374 g/mol. The van der Waals surface area contributed by atoms with Gasteiger partial charge in [-0.15, -0.1) is 0 Å². The second-order valence-corrected chi connectivity index (χ2v) is 8.95. The molecule has 2 rings (SSSR count). The van der Waals surface area contributed by atoms with Crippen LogP contribution in [0.3, 0.4) is 0 Å². The second kappa shape index (κ2) is 8.68. The van der Waals surface area contributed by atoms with Gasteiger partial charge in [0.25, 0.3) is 0 Å². The number of sulfonamides is 1. The molecule has 2 atom stereocenters. The Morgan fingerprint density at radius 3 is 2.44 bits per heavy atom. The van der Waals surface area contributed by atoms with Crippen molar-refractivity contribution >= 4 is 16.0 Å². The molecule has 0 aromatic rings. The Labute approximate surface area is 152 Å². The maximum atomic E-state index is 12.2. The zero-order chi connectivity index (χ0) is 18.5. The van der Waals surface area contributed by atoms with Crippen molar-refractivity contribution < 1.29 is 13.2 Å². The lowest BCUT2D eigenvalue weighted by Crippen LogP contribution is -2.68. The molecule has 146 valence electrons. The molecule has 0 saturated heterocycles. The first-order chi connectivity index (χ1) is 11.9. The van der Waals surface area contributed by atoms with Crippen LogP contribution >= 0.6 is 0 Å². The van der Waals surface area contributed by atoms with Crippen LogP contribution in [0.15, 0.2) is 4.99 Å². The van der Waals surface area contributed by atoms with E-state index in [4.69, 9.17) is 4.74 Å². The molecule has 2 fully saturated rings. The summed E-state index contributed by atoms with van der Waals surface area (Å²) < 4.78 is 31.8. The smallest absolute Gasteiger partial charge is 0.215 e. The van der Waals surface area contributed by atoms with E-state index in [1.165, 1.54) is 23.6 Å². The molecule has 0 radical (unpaired) electrons. The highest BCUT2D eigenvalue weighted by atomic mass is 32.2. The number of hydrogen-bond donors (Lipinski definition) is 2. The van der Waals surface area contributed by atoms with E-state index in [0.29, 0.717) is 37.7 Å². The fourth-order valence-corrected chi connectivity index (χ4v) is 5.45. The summed E-state index contributed by atoms with van der Waals surface area (Å²) in [4.78, 5) is 4.25. The minimum Gasteiger partial charge on any atom is -0.378 e. The van der Waals surface area contributed by atoms with Gasteiger partial charge >= 0.3 is 0 Å². The summed E-state index contributed by atoms with van der Waals surface area (Å²) in [6, 6.07) is 0.364. The van der Waals surface area contributed by atoms with Crippen molar-refractivity contribution in [3.8, 4) is 0 Å². The SMILES string of the molecule is CCOC1CC(NC(=NC)NCCS(=O)(=O)N(CC)CC)C12CCC2. The lowest BCUT2D eigenvalue weighted by atomic mass is 9.51. The van der Waals surface area contributed by atoms with Crippen molar-refractivity contribution in [2.75, 3.05) is 39.0 Å². The summed E-state index contributed by atoms with van der Waals surface area (Å²) in [6.45, 7) is 7.90. The molecule has 0 aliphatic heterocycles. The van der Waals surface area contributed by atoms with Crippen molar-refractivity contribution in [1.29, 1.82) is 0 Å². The highest BCUT2D eigenvalue weighted by molar-refractivity contribution is 7.89. The summed E-state index contributed by atoms with van der Waals surface area (Å²) in [5.74, 6) is 0.758. The maximum absolute atomic E-state index is 12.2. The first-order valence-electron chi connectivity index (χ1n) is 9.50. The summed E-state index contributed by atoms with van der Waals surface area (Å²) in [6.07, 6.45) is 5.00. The number of guanidine groups is 1. The van der Waals surface area contributed by atoms with Gasteiger partial charge in [0.2, 0.25) is 10.0 Å². The van der Waals surface area contributed by atoms with Gasteiger partial charge in [0.05, 0.1) is 11.9 Å². The molecule has 2 aliphatic rings. The predicted octanol–water partition coefficient (Wildman–Crippen LogP) is 1.17. The van der Waals surface area contributed by atoms with Gasteiger partial charge < -0.3 is 15.4 Å². The first-order valence-corrected chi connectivity index (χ1v) is 11.1. The third-order valence-corrected chi connectivity index (χ3v) is 7.75. The number of nitrogens with zero attached hydrogens (tertiary/aromatic N) is 2. The van der Waals surface area contributed by atoms with E-state index in [-0.39, 0.29) is 11.2 Å². The van der Waals surface area contributed by atoms with Gasteiger partial charge in [-0.3, -0.25) is 4.99 Å². The Bertz CT molecular complexity index is 556. The molecule has 2 aliphatic carbocycles. The van der Waals surface area contributed by atoms with Crippen molar-refractivity contribution in [3.63, 3.8) is 0 Å². The van der Waals surface area contributed by atoms with Crippen molar-refractivity contribution in [3.05, 3.63) is 0 Å². The number of aliphatic imine (C=N–C) groups is 1. The van der Waals surface area contributed by atoms with E-state index in [1.54, 1.807) is 7.05 Å². The van der Waals surface area contributed by atoms with Crippen LogP contribution in [0.1, 0.15) is 46.5 Å². The summed E-state index contributed by atoms with van der Waals surface area (Å²) in [5, 5.41) is 6.63. The molecule has 0 bridgehead atoms. The lowest BCUT2D eigenvalue weighted by molar-refractivity contribution is -0.168. The molecule has 2 saturated carbocycles. The van der Waals surface area contributed by atoms with Crippen LogP contribution in [0.25, 0.3) is 0 Å². The van der Waals surface area contributed by atoms with E-state index >= 15 is 0 Å². The number of hydrogen-bond acceptors (Lipinski definition) is 4. The van der Waals surface area contributed by atoms with Crippen LogP contribution in [-0.4, -0.2) is 69.9 Å². The molecule has 1 spiro atoms. The van der Waals surface area contributed by atoms with Gasteiger partial charge in [0.15, 0.2) is 5.96 Å². The van der Waals surface area contributed by atoms with Crippen molar-refractivity contribution in [1.82, 2.24) is 14.9 Å². The fourth-order valence-electron chi connectivity index (χ4n) is 4.04. The summed E-state index contributed by atoms with van der Waals surface area (Å²) >= 11 is 0. The summed E-state index contributed by atoms with van der Waals surface area (Å²) in [5.41, 5.74) is 0.251. The van der Waals surface area contributed by atoms with Gasteiger partial charge in [-0.2, -0.15) is 0 Å². The standard InChI is InChI=1S/C17H34N4O3S/c1-5-21(6-2)25(22,23)12-11-19-16(18-4)20-14-13-15(24-7-3)17(14)9-8-10-17/h14-15H,5-13H2,1-4H3,(H2,18,19,20). The second-order valence-electron chi connectivity index (χ2n) is 6.86. The van der Waals surface area contributed by atoms with E-state index < -0.39 is 10.0 Å². The van der Waals surface area contributed by atoms with E-state index in [2.05, 4.69) is 15.6 Å². The first kappa shape index (κ1) is 20.5. The van der Waals surface area contributed by atoms with Gasteiger partial charge in [0, 0.05) is 44.7 Å². The average Bonchev–Trinajstić information content (AvgIpc) is 2.51. The third-order valence-electron chi connectivity index (χ3n) is 5.72. The van der Waals surface area contributed by atoms with Crippen LogP contribution in [-0.2, 0) is 14.8 Å². The fraction of sp³-hybridized carbons (Fsp3) is 0.941. The Morgan fingerprint density at radius 2 is 1.96 bits per heavy atom. The largest absolute Gasteiger partial charge is 0.378 e. The lowest BCUT2D eigenvalue weighted by Gasteiger charge is -2.61. The molecular formula is C17H34N4O3S. The van der Waals surface area contributed by atoms with Gasteiger partial charge in [-0.25, -0.2) is 12.7 Å². The van der Waals surface area contributed by atoms with Crippen LogP contribution in [0, 0.1) is 5.41 Å². The average molecular weight is 375 g/mol. The third kappa shape index (κ3) is 4.28. The molecule has 8 heteroatoms.